The molecule has 0 saturated carbocycles. The van der Waals surface area contributed by atoms with Crippen LogP contribution >= 0.6 is 0 Å². The molecular weight excluding hydrogens is 356 g/mol. The molecule has 25 heavy (non-hydrogen) atoms. The summed E-state index contributed by atoms with van der Waals surface area (Å²) in [6.07, 6.45) is 0.407. The van der Waals surface area contributed by atoms with Gasteiger partial charge in [-0.25, -0.2) is 4.99 Å². The van der Waals surface area contributed by atoms with Gasteiger partial charge in [-0.05, 0) is 13.3 Å². The van der Waals surface area contributed by atoms with E-state index in [4.69, 9.17) is 10.1 Å². The maximum Gasteiger partial charge on any atom is 1.00 e. The fourth-order valence-corrected chi connectivity index (χ4v) is 2.83. The van der Waals surface area contributed by atoms with Crippen molar-refractivity contribution >= 4 is 17.6 Å². The van der Waals surface area contributed by atoms with Gasteiger partial charge in [0.05, 0.1) is 7.11 Å². The second kappa shape index (κ2) is 10.0. The molecule has 0 spiro atoms. The molecule has 14 heteroatoms. The molecule has 2 rings (SSSR count). The van der Waals surface area contributed by atoms with Gasteiger partial charge < -0.3 is 25.2 Å². The van der Waals surface area contributed by atoms with Gasteiger partial charge in [-0.15, -0.1) is 10.2 Å². The fraction of sp³-hybridized carbons (Fsp3) is 0.727. The molecule has 0 aliphatic carbocycles. The molecule has 3 unspecified atom stereocenters. The van der Waals surface area contributed by atoms with E-state index in [-0.39, 0.29) is 89.0 Å². The first-order chi connectivity index (χ1) is 10.9. The summed E-state index contributed by atoms with van der Waals surface area (Å²) in [7, 11) is 1.37. The van der Waals surface area contributed by atoms with Crippen molar-refractivity contribution in [3.8, 4) is 0 Å². The van der Waals surface area contributed by atoms with Crippen LogP contribution in [0.25, 0.3) is 0 Å². The minimum atomic E-state index is -1.18. The first kappa shape index (κ1) is 24.5. The second-order valence-corrected chi connectivity index (χ2v) is 5.54. The first-order valence-corrected chi connectivity index (χ1v) is 6.64. The Morgan fingerprint density at radius 2 is 1.76 bits per heavy atom. The normalized spacial score (nSPS) is 31.4. The van der Waals surface area contributed by atoms with Crippen LogP contribution in [0.4, 0.5) is 0 Å². The van der Waals surface area contributed by atoms with Crippen LogP contribution in [0.5, 0.6) is 0 Å². The molecule has 2 aliphatic rings. The molecule has 0 aromatic heterocycles. The molecule has 0 radical (unpaired) electrons. The third-order valence-electron chi connectivity index (χ3n) is 3.81. The number of ether oxygens (including phenoxy) is 1. The molecular formula is C11H15N7Na2O5. The van der Waals surface area contributed by atoms with Crippen molar-refractivity contribution in [3.05, 3.63) is 0 Å². The van der Waals surface area contributed by atoms with Crippen molar-refractivity contribution in [2.75, 3.05) is 7.11 Å². The van der Waals surface area contributed by atoms with Crippen molar-refractivity contribution < 1.29 is 84.3 Å². The van der Waals surface area contributed by atoms with E-state index in [0.717, 1.165) is 0 Å². The van der Waals surface area contributed by atoms with E-state index in [2.05, 4.69) is 40.7 Å². The van der Waals surface area contributed by atoms with Crippen LogP contribution in [0, 0.1) is 11.3 Å². The molecule has 0 aromatic carbocycles. The minimum absolute atomic E-state index is 0. The summed E-state index contributed by atoms with van der Waals surface area (Å²) in [6.45, 7) is 3.39. The Kier molecular flexibility index (Phi) is 9.83. The van der Waals surface area contributed by atoms with E-state index in [1.165, 1.54) is 7.11 Å². The van der Waals surface area contributed by atoms with Crippen molar-refractivity contribution in [2.24, 2.45) is 36.7 Å². The summed E-state index contributed by atoms with van der Waals surface area (Å²) in [5, 5.41) is 42.0. The molecule has 0 fully saturated rings. The number of methoxy groups -OCH3 is 1. The smallest absolute Gasteiger partial charge is 0.636 e. The Bertz CT molecular complexity index is 614. The van der Waals surface area contributed by atoms with Gasteiger partial charge in [-0.1, -0.05) is 6.92 Å². The van der Waals surface area contributed by atoms with Gasteiger partial charge in [-0.2, -0.15) is 4.99 Å². The third-order valence-corrected chi connectivity index (χ3v) is 3.81. The maximum absolute atomic E-state index is 10.2. The van der Waals surface area contributed by atoms with Crippen LogP contribution in [0.15, 0.2) is 30.8 Å². The molecule has 12 nitrogen and oxygen atoms in total. The molecule has 0 amide bonds. The number of aliphatic imine (C=N–C) groups is 2. The molecule has 126 valence electrons. The zero-order valence-electron chi connectivity index (χ0n) is 14.7. The number of hydrogen-bond donors (Lipinski definition) is 1. The Morgan fingerprint density at radius 1 is 1.16 bits per heavy atom. The SMILES string of the molecule is COC1=NC2=NC(=N)C(C)CC2(N=NO[O-])CC1(C)N=NO[O-].[Na+].[Na+]. The second-order valence-electron chi connectivity index (χ2n) is 5.54. The van der Waals surface area contributed by atoms with Gasteiger partial charge >= 0.3 is 59.1 Å². The Morgan fingerprint density at radius 3 is 2.32 bits per heavy atom. The van der Waals surface area contributed by atoms with E-state index in [1.807, 2.05) is 0 Å². The topological polar surface area (TPSA) is 172 Å². The summed E-state index contributed by atoms with van der Waals surface area (Å²) in [4.78, 5) is 15.2. The predicted octanol–water partition coefficient (Wildman–Crippen LogP) is -6.33. The zero-order chi connectivity index (χ0) is 17.1. The van der Waals surface area contributed by atoms with Crippen LogP contribution < -0.4 is 69.6 Å². The number of fused-ring (bicyclic) bond motifs is 1. The third kappa shape index (κ3) is 5.04. The summed E-state index contributed by atoms with van der Waals surface area (Å²) in [6, 6.07) is 0. The number of amidine groups is 2. The minimum Gasteiger partial charge on any atom is -0.636 e. The quantitative estimate of drug-likeness (QED) is 0.224. The van der Waals surface area contributed by atoms with Crippen LogP contribution in [-0.2, 0) is 14.7 Å². The maximum atomic E-state index is 10.2. The molecule has 0 bridgehead atoms. The Labute approximate surface area is 187 Å². The van der Waals surface area contributed by atoms with E-state index >= 15 is 0 Å². The van der Waals surface area contributed by atoms with Gasteiger partial charge in [0.2, 0.25) is 5.90 Å². The van der Waals surface area contributed by atoms with Crippen molar-refractivity contribution in [1.82, 2.24) is 0 Å². The standard InChI is InChI=1S/C11H17N7O5.2Na/c1-6-4-11(16-18-23-20)5-10(2,15-17-22-19)9(21-3)14-8(11)13-7(6)12;;/h6,12,19-20H,4-5H2,1-3H3;;/q;2*+1/p-2. The van der Waals surface area contributed by atoms with Gasteiger partial charge in [0, 0.05) is 22.9 Å². The summed E-state index contributed by atoms with van der Waals surface area (Å²) < 4.78 is 5.19. The monoisotopic (exact) mass is 371 g/mol. The number of nitrogens with zero attached hydrogens (tertiary/aromatic N) is 6. The Hall–Kier alpha value is -0.470. The van der Waals surface area contributed by atoms with Gasteiger partial charge in [0.25, 0.3) is 0 Å². The van der Waals surface area contributed by atoms with Crippen molar-refractivity contribution in [3.63, 3.8) is 0 Å². The molecule has 2 aliphatic heterocycles. The summed E-state index contributed by atoms with van der Waals surface area (Å²) in [5.41, 5.74) is -2.33. The first-order valence-electron chi connectivity index (χ1n) is 6.64. The molecule has 3 atom stereocenters. The van der Waals surface area contributed by atoms with Crippen molar-refractivity contribution in [1.29, 1.82) is 5.41 Å². The van der Waals surface area contributed by atoms with E-state index in [1.54, 1.807) is 13.8 Å². The van der Waals surface area contributed by atoms with E-state index in [0.29, 0.717) is 6.42 Å². The summed E-state index contributed by atoms with van der Waals surface area (Å²) in [5.74, 6) is 0.157. The van der Waals surface area contributed by atoms with Gasteiger partial charge in [-0.3, -0.25) is 5.41 Å². The number of rotatable bonds is 4. The Balaban J connectivity index is 0.00000288. The largest absolute Gasteiger partial charge is 1.00 e. The number of nitrogens with one attached hydrogen (secondary N) is 1. The van der Waals surface area contributed by atoms with Crippen LogP contribution in [0.2, 0.25) is 0 Å². The molecule has 0 saturated heterocycles. The average Bonchev–Trinajstić information content (AvgIpc) is 2.52. The van der Waals surface area contributed by atoms with Gasteiger partial charge in [0.15, 0.2) is 11.4 Å². The predicted molar refractivity (Wildman–Crippen MR) is 71.0 cm³/mol. The fourth-order valence-electron chi connectivity index (χ4n) is 2.83. The van der Waals surface area contributed by atoms with Crippen molar-refractivity contribution in [2.45, 2.75) is 37.8 Å². The summed E-state index contributed by atoms with van der Waals surface area (Å²) >= 11 is 0. The molecule has 2 heterocycles. The van der Waals surface area contributed by atoms with Crippen LogP contribution in [0.1, 0.15) is 26.7 Å². The van der Waals surface area contributed by atoms with Crippen LogP contribution in [-0.4, -0.2) is 35.8 Å². The average molecular weight is 371 g/mol. The molecule has 1 N–H and O–H groups in total. The van der Waals surface area contributed by atoms with Crippen LogP contribution in [0.3, 0.4) is 0 Å². The van der Waals surface area contributed by atoms with E-state index in [9.17, 15) is 10.5 Å². The zero-order valence-corrected chi connectivity index (χ0v) is 18.7. The number of hydrogen-bond acceptors (Lipinski definition) is 11. The van der Waals surface area contributed by atoms with E-state index < -0.39 is 11.1 Å². The van der Waals surface area contributed by atoms with Gasteiger partial charge in [0.1, 0.15) is 11.4 Å². The molecule has 0 aromatic rings.